The van der Waals surface area contributed by atoms with Gasteiger partial charge in [-0.05, 0) is 25.6 Å². The molecule has 2 N–H and O–H groups in total. The smallest absolute Gasteiger partial charge is 0.251 e. The number of anilines is 1. The Labute approximate surface area is 121 Å². The van der Waals surface area contributed by atoms with Gasteiger partial charge in [-0.3, -0.25) is 4.79 Å². The topological polar surface area (TPSA) is 83.6 Å². The molecular formula is C13H17N5OS. The summed E-state index contributed by atoms with van der Waals surface area (Å²) in [5, 5.41) is 4.57. The fourth-order valence-electron chi connectivity index (χ4n) is 1.63. The van der Waals surface area contributed by atoms with Gasteiger partial charge in [-0.15, -0.1) is 0 Å². The van der Waals surface area contributed by atoms with Crippen LogP contribution in [0.2, 0.25) is 0 Å². The molecule has 2 aromatic rings. The number of hydrogen-bond acceptors (Lipinski definition) is 6. The Morgan fingerprint density at radius 3 is 2.80 bits per heavy atom. The average Bonchev–Trinajstić information content (AvgIpc) is 2.43. The van der Waals surface area contributed by atoms with E-state index in [4.69, 9.17) is 0 Å². The van der Waals surface area contributed by atoms with E-state index in [1.54, 1.807) is 0 Å². The fourth-order valence-corrected chi connectivity index (χ4v) is 2.48. The van der Waals surface area contributed by atoms with Crippen LogP contribution in [0.1, 0.15) is 25.2 Å². The number of nitrogens with one attached hydrogen (secondary N) is 2. The van der Waals surface area contributed by atoms with Gasteiger partial charge in [-0.2, -0.15) is 0 Å². The molecule has 0 unspecified atom stereocenters. The van der Waals surface area contributed by atoms with E-state index in [2.05, 4.69) is 25.3 Å². The predicted molar refractivity (Wildman–Crippen MR) is 79.3 cm³/mol. The minimum Gasteiger partial charge on any atom is -0.370 e. The molecule has 0 bridgehead atoms. The second kappa shape index (κ2) is 6.51. The third-order valence-electron chi connectivity index (χ3n) is 2.65. The highest BCUT2D eigenvalue weighted by molar-refractivity contribution is 7.99. The van der Waals surface area contributed by atoms with E-state index in [0.29, 0.717) is 5.16 Å². The molecule has 0 saturated heterocycles. The van der Waals surface area contributed by atoms with Crippen LogP contribution in [0, 0.1) is 6.92 Å². The largest absolute Gasteiger partial charge is 0.370 e. The van der Waals surface area contributed by atoms with Crippen LogP contribution in [0.3, 0.4) is 0 Å². The lowest BCUT2D eigenvalue weighted by molar-refractivity contribution is 0.863. The standard InChI is InChI=1S/C13H17N5OS/c1-4-9-16-11(14-5-2)8(3)12(17-9)20-13-15-7-6-10(19)18-13/h6-7H,4-5H2,1-3H3,(H,14,16,17)(H,15,18,19). The lowest BCUT2D eigenvalue weighted by Crippen LogP contribution is -2.08. The first-order valence-electron chi connectivity index (χ1n) is 6.48. The van der Waals surface area contributed by atoms with Crippen molar-refractivity contribution >= 4 is 17.6 Å². The first kappa shape index (κ1) is 14.5. The van der Waals surface area contributed by atoms with Crippen molar-refractivity contribution in [2.45, 2.75) is 37.4 Å². The third-order valence-corrected chi connectivity index (χ3v) is 3.64. The first-order valence-corrected chi connectivity index (χ1v) is 7.30. The molecule has 0 aliphatic carbocycles. The van der Waals surface area contributed by atoms with E-state index in [-0.39, 0.29) is 5.56 Å². The normalized spacial score (nSPS) is 10.6. The Hall–Kier alpha value is -1.89. The molecule has 0 fully saturated rings. The molecule has 0 saturated carbocycles. The van der Waals surface area contributed by atoms with Gasteiger partial charge in [0.15, 0.2) is 5.16 Å². The number of hydrogen-bond donors (Lipinski definition) is 2. The number of aryl methyl sites for hydroxylation is 1. The monoisotopic (exact) mass is 291 g/mol. The molecule has 2 aromatic heterocycles. The molecule has 6 nitrogen and oxygen atoms in total. The van der Waals surface area contributed by atoms with Crippen LogP contribution in [0.5, 0.6) is 0 Å². The van der Waals surface area contributed by atoms with Gasteiger partial charge < -0.3 is 10.3 Å². The quantitative estimate of drug-likeness (QED) is 0.647. The van der Waals surface area contributed by atoms with Crippen LogP contribution in [0.4, 0.5) is 5.82 Å². The van der Waals surface area contributed by atoms with Crippen molar-refractivity contribution in [1.82, 2.24) is 19.9 Å². The second-order valence-corrected chi connectivity index (χ2v) is 5.12. The summed E-state index contributed by atoms with van der Waals surface area (Å²) in [7, 11) is 0. The maximum absolute atomic E-state index is 11.3. The molecule has 2 heterocycles. The Bertz CT molecular complexity index is 655. The molecule has 7 heteroatoms. The molecule has 0 spiro atoms. The summed E-state index contributed by atoms with van der Waals surface area (Å²) in [5.74, 6) is 1.60. The Morgan fingerprint density at radius 1 is 1.35 bits per heavy atom. The lowest BCUT2D eigenvalue weighted by Gasteiger charge is -2.11. The molecule has 0 aliphatic rings. The maximum atomic E-state index is 11.3. The number of H-pyrrole nitrogens is 1. The van der Waals surface area contributed by atoms with Crippen molar-refractivity contribution in [3.63, 3.8) is 0 Å². The zero-order valence-electron chi connectivity index (χ0n) is 11.7. The molecule has 0 amide bonds. The molecule has 0 aromatic carbocycles. The summed E-state index contributed by atoms with van der Waals surface area (Å²) >= 11 is 1.34. The summed E-state index contributed by atoms with van der Waals surface area (Å²) in [4.78, 5) is 27.1. The highest BCUT2D eigenvalue weighted by Gasteiger charge is 2.12. The molecule has 0 atom stereocenters. The van der Waals surface area contributed by atoms with E-state index in [1.165, 1.54) is 24.0 Å². The van der Waals surface area contributed by atoms with Crippen molar-refractivity contribution in [3.05, 3.63) is 34.0 Å². The van der Waals surface area contributed by atoms with Crippen molar-refractivity contribution in [2.75, 3.05) is 11.9 Å². The third kappa shape index (κ3) is 3.36. The van der Waals surface area contributed by atoms with Crippen LogP contribution in [-0.4, -0.2) is 26.5 Å². The fraction of sp³-hybridized carbons (Fsp3) is 0.385. The van der Waals surface area contributed by atoms with Gasteiger partial charge in [0.25, 0.3) is 5.56 Å². The molecule has 2 rings (SSSR count). The number of aromatic nitrogens is 4. The predicted octanol–water partition coefficient (Wildman–Crippen LogP) is 2.01. The van der Waals surface area contributed by atoms with Crippen LogP contribution in [-0.2, 0) is 6.42 Å². The zero-order valence-corrected chi connectivity index (χ0v) is 12.5. The van der Waals surface area contributed by atoms with Crippen molar-refractivity contribution in [1.29, 1.82) is 0 Å². The van der Waals surface area contributed by atoms with Crippen molar-refractivity contribution < 1.29 is 0 Å². The molecule has 106 valence electrons. The molecule has 0 aliphatic heterocycles. The van der Waals surface area contributed by atoms with Gasteiger partial charge in [0, 0.05) is 30.8 Å². The van der Waals surface area contributed by atoms with Crippen LogP contribution < -0.4 is 10.9 Å². The summed E-state index contributed by atoms with van der Waals surface area (Å²) in [6.07, 6.45) is 2.24. The maximum Gasteiger partial charge on any atom is 0.251 e. The van der Waals surface area contributed by atoms with Gasteiger partial charge in [0.05, 0.1) is 0 Å². The number of nitrogens with zero attached hydrogens (tertiary/aromatic N) is 3. The van der Waals surface area contributed by atoms with E-state index in [9.17, 15) is 4.79 Å². The molecular weight excluding hydrogens is 274 g/mol. The van der Waals surface area contributed by atoms with E-state index < -0.39 is 0 Å². The molecule has 0 radical (unpaired) electrons. The van der Waals surface area contributed by atoms with Gasteiger partial charge in [-0.1, -0.05) is 6.92 Å². The van der Waals surface area contributed by atoms with Gasteiger partial charge in [0.2, 0.25) is 0 Å². The van der Waals surface area contributed by atoms with E-state index >= 15 is 0 Å². The first-order chi connectivity index (χ1) is 9.63. The minimum absolute atomic E-state index is 0.170. The lowest BCUT2D eigenvalue weighted by atomic mass is 10.3. The Kier molecular flexibility index (Phi) is 4.73. The SMILES string of the molecule is CCNc1nc(CC)nc(Sc2nccc(=O)[nH]2)c1C. The zero-order chi connectivity index (χ0) is 14.5. The Morgan fingerprint density at radius 2 is 2.15 bits per heavy atom. The van der Waals surface area contributed by atoms with Crippen LogP contribution in [0.25, 0.3) is 0 Å². The summed E-state index contributed by atoms with van der Waals surface area (Å²) in [6, 6.07) is 1.39. The summed E-state index contributed by atoms with van der Waals surface area (Å²) in [6.45, 7) is 6.79. The minimum atomic E-state index is -0.170. The van der Waals surface area contributed by atoms with Crippen LogP contribution >= 0.6 is 11.8 Å². The molecule has 20 heavy (non-hydrogen) atoms. The highest BCUT2D eigenvalue weighted by Crippen LogP contribution is 2.28. The van der Waals surface area contributed by atoms with Crippen molar-refractivity contribution in [3.8, 4) is 0 Å². The van der Waals surface area contributed by atoms with E-state index in [1.807, 2.05) is 20.8 Å². The average molecular weight is 291 g/mol. The number of aromatic amines is 1. The Balaban J connectivity index is 2.39. The summed E-state index contributed by atoms with van der Waals surface area (Å²) in [5.41, 5.74) is 0.789. The van der Waals surface area contributed by atoms with E-state index in [0.717, 1.165) is 35.2 Å². The van der Waals surface area contributed by atoms with Crippen molar-refractivity contribution in [2.24, 2.45) is 0 Å². The second-order valence-electron chi connectivity index (χ2n) is 4.14. The number of rotatable bonds is 5. The van der Waals surface area contributed by atoms with Gasteiger partial charge >= 0.3 is 0 Å². The van der Waals surface area contributed by atoms with Gasteiger partial charge in [-0.25, -0.2) is 15.0 Å². The van der Waals surface area contributed by atoms with Gasteiger partial charge in [0.1, 0.15) is 16.7 Å². The summed E-state index contributed by atoms with van der Waals surface area (Å²) < 4.78 is 0. The van der Waals surface area contributed by atoms with Crippen LogP contribution in [0.15, 0.2) is 27.2 Å². The highest BCUT2D eigenvalue weighted by atomic mass is 32.2.